The van der Waals surface area contributed by atoms with Crippen molar-refractivity contribution in [2.24, 2.45) is 7.05 Å². The van der Waals surface area contributed by atoms with Gasteiger partial charge in [-0.2, -0.15) is 0 Å². The number of amides is 2. The van der Waals surface area contributed by atoms with Gasteiger partial charge in [-0.25, -0.2) is 0 Å². The maximum atomic E-state index is 12.4. The third kappa shape index (κ3) is 3.67. The van der Waals surface area contributed by atoms with E-state index in [1.165, 1.54) is 11.8 Å². The van der Waals surface area contributed by atoms with E-state index in [-0.39, 0.29) is 17.6 Å². The number of anilines is 2. The minimum absolute atomic E-state index is 0.0394. The average Bonchev–Trinajstić information content (AvgIpc) is 3.39. The molecule has 3 aromatic rings. The molecule has 1 aliphatic rings. The Morgan fingerprint density at radius 2 is 2.14 bits per heavy atom. The molecule has 0 atom stereocenters. The monoisotopic (exact) mass is 413 g/mol. The minimum Gasteiger partial charge on any atom is -0.325 e. The van der Waals surface area contributed by atoms with E-state index in [9.17, 15) is 9.59 Å². The van der Waals surface area contributed by atoms with Gasteiger partial charge < -0.3 is 14.8 Å². The molecule has 0 radical (unpaired) electrons. The second-order valence-electron chi connectivity index (χ2n) is 6.44. The smallest absolute Gasteiger partial charge is 0.234 e. The van der Waals surface area contributed by atoms with Crippen molar-refractivity contribution in [3.8, 4) is 10.7 Å². The van der Waals surface area contributed by atoms with Gasteiger partial charge in [-0.3, -0.25) is 9.59 Å². The largest absolute Gasteiger partial charge is 0.325 e. The summed E-state index contributed by atoms with van der Waals surface area (Å²) >= 11 is 2.96. The summed E-state index contributed by atoms with van der Waals surface area (Å²) in [5, 5.41) is 14.0. The Kier molecular flexibility index (Phi) is 5.19. The first-order chi connectivity index (χ1) is 13.5. The quantitative estimate of drug-likeness (QED) is 0.650. The maximum Gasteiger partial charge on any atom is 0.234 e. The van der Waals surface area contributed by atoms with E-state index in [4.69, 9.17) is 0 Å². The number of carbonyl (C=O) groups excluding carboxylic acids is 2. The van der Waals surface area contributed by atoms with E-state index >= 15 is 0 Å². The molecule has 1 aromatic carbocycles. The molecule has 144 valence electrons. The number of thiophene rings is 1. The van der Waals surface area contributed by atoms with E-state index in [1.807, 2.05) is 47.3 Å². The number of rotatable bonds is 5. The van der Waals surface area contributed by atoms with E-state index in [1.54, 1.807) is 23.2 Å². The minimum atomic E-state index is -0.105. The molecule has 0 saturated heterocycles. The average molecular weight is 414 g/mol. The highest BCUT2D eigenvalue weighted by atomic mass is 32.2. The van der Waals surface area contributed by atoms with Crippen LogP contribution >= 0.6 is 23.1 Å². The fraction of sp³-hybridized carbons (Fsp3) is 0.263. The molecule has 0 saturated carbocycles. The third-order valence-electron chi connectivity index (χ3n) is 4.55. The predicted molar refractivity (Wildman–Crippen MR) is 112 cm³/mol. The number of hydrogen-bond acceptors (Lipinski definition) is 6. The lowest BCUT2D eigenvalue weighted by Gasteiger charge is -2.15. The molecule has 1 aliphatic heterocycles. The van der Waals surface area contributed by atoms with Gasteiger partial charge in [-0.1, -0.05) is 17.8 Å². The van der Waals surface area contributed by atoms with Crippen LogP contribution in [0.5, 0.6) is 0 Å². The Morgan fingerprint density at radius 1 is 1.29 bits per heavy atom. The van der Waals surface area contributed by atoms with Gasteiger partial charge in [0.2, 0.25) is 11.8 Å². The van der Waals surface area contributed by atoms with Crippen molar-refractivity contribution in [3.05, 3.63) is 41.3 Å². The SMILES string of the molecule is CC(=O)N1CCc2cc(NC(=O)CSc3nnc(-c4cccs4)n3C)ccc21. The summed E-state index contributed by atoms with van der Waals surface area (Å²) in [5.74, 6) is 0.976. The highest BCUT2D eigenvalue weighted by molar-refractivity contribution is 7.99. The molecule has 2 amide bonds. The van der Waals surface area contributed by atoms with Crippen LogP contribution in [0.2, 0.25) is 0 Å². The lowest BCUT2D eigenvalue weighted by atomic mass is 10.1. The van der Waals surface area contributed by atoms with Gasteiger partial charge in [-0.15, -0.1) is 21.5 Å². The number of hydrogen-bond donors (Lipinski definition) is 1. The summed E-state index contributed by atoms with van der Waals surface area (Å²) in [6, 6.07) is 9.64. The molecule has 3 heterocycles. The zero-order valence-electron chi connectivity index (χ0n) is 15.5. The Bertz CT molecular complexity index is 1030. The number of carbonyl (C=O) groups is 2. The van der Waals surface area contributed by atoms with Crippen LogP contribution < -0.4 is 10.2 Å². The van der Waals surface area contributed by atoms with Gasteiger partial charge in [0, 0.05) is 31.9 Å². The summed E-state index contributed by atoms with van der Waals surface area (Å²) in [6.45, 7) is 2.26. The van der Waals surface area contributed by atoms with Crippen LogP contribution in [0.4, 0.5) is 11.4 Å². The van der Waals surface area contributed by atoms with Gasteiger partial charge in [0.1, 0.15) is 0 Å². The van der Waals surface area contributed by atoms with Crippen LogP contribution in [-0.2, 0) is 23.1 Å². The van der Waals surface area contributed by atoms with Crippen molar-refractivity contribution in [1.82, 2.24) is 14.8 Å². The first-order valence-electron chi connectivity index (χ1n) is 8.80. The Labute approximate surface area is 170 Å². The molecule has 4 rings (SSSR count). The highest BCUT2D eigenvalue weighted by Gasteiger charge is 2.22. The van der Waals surface area contributed by atoms with Crippen molar-refractivity contribution in [1.29, 1.82) is 0 Å². The Morgan fingerprint density at radius 3 is 2.89 bits per heavy atom. The summed E-state index contributed by atoms with van der Waals surface area (Å²) in [7, 11) is 1.90. The van der Waals surface area contributed by atoms with Crippen molar-refractivity contribution >= 4 is 46.3 Å². The van der Waals surface area contributed by atoms with Crippen LogP contribution in [0.1, 0.15) is 12.5 Å². The summed E-state index contributed by atoms with van der Waals surface area (Å²) < 4.78 is 1.90. The van der Waals surface area contributed by atoms with Crippen LogP contribution in [0.25, 0.3) is 10.7 Å². The summed E-state index contributed by atoms with van der Waals surface area (Å²) in [4.78, 5) is 26.8. The Balaban J connectivity index is 1.38. The second-order valence-corrected chi connectivity index (χ2v) is 8.33. The van der Waals surface area contributed by atoms with E-state index in [2.05, 4.69) is 15.5 Å². The van der Waals surface area contributed by atoms with Crippen LogP contribution in [0.15, 0.2) is 40.9 Å². The molecule has 0 fully saturated rings. The van der Waals surface area contributed by atoms with Gasteiger partial charge in [0.25, 0.3) is 0 Å². The number of nitrogens with zero attached hydrogens (tertiary/aromatic N) is 4. The topological polar surface area (TPSA) is 80.1 Å². The van der Waals surface area contributed by atoms with Gasteiger partial charge in [-0.05, 0) is 41.6 Å². The lowest BCUT2D eigenvalue weighted by Crippen LogP contribution is -2.25. The van der Waals surface area contributed by atoms with Gasteiger partial charge >= 0.3 is 0 Å². The van der Waals surface area contributed by atoms with Crippen molar-refractivity contribution in [3.63, 3.8) is 0 Å². The zero-order valence-corrected chi connectivity index (χ0v) is 17.1. The highest BCUT2D eigenvalue weighted by Crippen LogP contribution is 2.31. The van der Waals surface area contributed by atoms with Gasteiger partial charge in [0.15, 0.2) is 11.0 Å². The molecular weight excluding hydrogens is 394 g/mol. The van der Waals surface area contributed by atoms with Crippen molar-refractivity contribution < 1.29 is 9.59 Å². The second kappa shape index (κ2) is 7.76. The van der Waals surface area contributed by atoms with Crippen LogP contribution in [0.3, 0.4) is 0 Å². The van der Waals surface area contributed by atoms with E-state index in [0.29, 0.717) is 11.7 Å². The van der Waals surface area contributed by atoms with Crippen molar-refractivity contribution in [2.75, 3.05) is 22.5 Å². The molecular formula is C19H19N5O2S2. The first-order valence-corrected chi connectivity index (χ1v) is 10.7. The molecule has 28 heavy (non-hydrogen) atoms. The first kappa shape index (κ1) is 18.7. The fourth-order valence-electron chi connectivity index (χ4n) is 3.19. The van der Waals surface area contributed by atoms with Crippen LogP contribution in [-0.4, -0.2) is 38.9 Å². The third-order valence-corrected chi connectivity index (χ3v) is 6.43. The molecule has 7 nitrogen and oxygen atoms in total. The molecule has 1 N–H and O–H groups in total. The number of thioether (sulfide) groups is 1. The maximum absolute atomic E-state index is 12.4. The van der Waals surface area contributed by atoms with Gasteiger partial charge in [0.05, 0.1) is 10.6 Å². The summed E-state index contributed by atoms with van der Waals surface area (Å²) in [5.41, 5.74) is 2.75. The van der Waals surface area contributed by atoms with E-state index in [0.717, 1.165) is 34.1 Å². The number of nitrogens with one attached hydrogen (secondary N) is 1. The fourth-order valence-corrected chi connectivity index (χ4v) is 4.65. The predicted octanol–water partition coefficient (Wildman–Crippen LogP) is 3.18. The number of benzene rings is 1. The Hall–Kier alpha value is -2.65. The molecule has 2 aromatic heterocycles. The molecule has 0 unspecified atom stereocenters. The zero-order chi connectivity index (χ0) is 19.7. The molecule has 0 aliphatic carbocycles. The summed E-state index contributed by atoms with van der Waals surface area (Å²) in [6.07, 6.45) is 0.803. The van der Waals surface area contributed by atoms with Crippen molar-refractivity contribution in [2.45, 2.75) is 18.5 Å². The number of aromatic nitrogens is 3. The number of fused-ring (bicyclic) bond motifs is 1. The van der Waals surface area contributed by atoms with Crippen LogP contribution in [0, 0.1) is 0 Å². The standard InChI is InChI=1S/C19H19N5O2S2/c1-12(25)24-8-7-13-10-14(5-6-15(13)24)20-17(26)11-28-19-22-21-18(23(19)2)16-4-3-9-27-16/h3-6,9-10H,7-8,11H2,1-2H3,(H,20,26). The normalized spacial score (nSPS) is 12.9. The molecule has 9 heteroatoms. The van der Waals surface area contributed by atoms with E-state index < -0.39 is 0 Å². The lowest BCUT2D eigenvalue weighted by molar-refractivity contribution is -0.116. The molecule has 0 bridgehead atoms. The molecule has 0 spiro atoms.